The standard InChI is InChI=1S/C15H17N5O2S2/c1-4-5-6-20-7-16-13-10(14(20)22)8(2)11(24-13)12(21)17-15-19-18-9(3)23-15/h7H,4-6H2,1-3H3,(H,17,19,21). The number of fused-ring (bicyclic) bond motifs is 1. The zero-order chi connectivity index (χ0) is 17.3. The van der Waals surface area contributed by atoms with Crippen LogP contribution in [0.2, 0.25) is 0 Å². The largest absolute Gasteiger partial charge is 0.299 e. The van der Waals surface area contributed by atoms with E-state index in [2.05, 4.69) is 27.4 Å². The maximum absolute atomic E-state index is 12.6. The average molecular weight is 363 g/mol. The lowest BCUT2D eigenvalue weighted by Crippen LogP contribution is -2.20. The number of nitrogens with one attached hydrogen (secondary N) is 1. The molecule has 0 fully saturated rings. The zero-order valence-electron chi connectivity index (χ0n) is 13.6. The summed E-state index contributed by atoms with van der Waals surface area (Å²) in [5, 5.41) is 12.2. The van der Waals surface area contributed by atoms with Crippen LogP contribution < -0.4 is 10.9 Å². The van der Waals surface area contributed by atoms with Crippen LogP contribution in [0.15, 0.2) is 11.1 Å². The van der Waals surface area contributed by atoms with Gasteiger partial charge in [0.25, 0.3) is 11.5 Å². The van der Waals surface area contributed by atoms with Crippen molar-refractivity contribution in [1.82, 2.24) is 19.7 Å². The lowest BCUT2D eigenvalue weighted by atomic mass is 10.2. The molecule has 24 heavy (non-hydrogen) atoms. The molecule has 7 nitrogen and oxygen atoms in total. The van der Waals surface area contributed by atoms with Crippen molar-refractivity contribution in [2.75, 3.05) is 5.32 Å². The van der Waals surface area contributed by atoms with E-state index in [0.717, 1.165) is 17.8 Å². The van der Waals surface area contributed by atoms with Gasteiger partial charge in [-0.15, -0.1) is 21.5 Å². The van der Waals surface area contributed by atoms with Crippen molar-refractivity contribution in [3.05, 3.63) is 32.1 Å². The van der Waals surface area contributed by atoms with Crippen LogP contribution in [0.4, 0.5) is 5.13 Å². The number of nitrogens with zero attached hydrogens (tertiary/aromatic N) is 4. The van der Waals surface area contributed by atoms with E-state index in [0.29, 0.717) is 32.3 Å². The van der Waals surface area contributed by atoms with Crippen LogP contribution in [0, 0.1) is 13.8 Å². The minimum atomic E-state index is -0.286. The fourth-order valence-corrected chi connectivity index (χ4v) is 3.99. The van der Waals surface area contributed by atoms with Gasteiger partial charge < -0.3 is 0 Å². The molecule has 0 atom stereocenters. The summed E-state index contributed by atoms with van der Waals surface area (Å²) in [6.07, 6.45) is 3.48. The van der Waals surface area contributed by atoms with Gasteiger partial charge in [-0.05, 0) is 25.8 Å². The fourth-order valence-electron chi connectivity index (χ4n) is 2.36. The van der Waals surface area contributed by atoms with Crippen LogP contribution in [0.5, 0.6) is 0 Å². The predicted octanol–water partition coefficient (Wildman–Crippen LogP) is 2.98. The number of carbonyl (C=O) groups is 1. The van der Waals surface area contributed by atoms with Crippen molar-refractivity contribution in [2.24, 2.45) is 0 Å². The monoisotopic (exact) mass is 363 g/mol. The average Bonchev–Trinajstić information content (AvgIpc) is 3.10. The van der Waals surface area contributed by atoms with Gasteiger partial charge in [-0.2, -0.15) is 0 Å². The van der Waals surface area contributed by atoms with E-state index in [1.807, 2.05) is 6.92 Å². The second-order valence-corrected chi connectivity index (χ2v) is 7.59. The first kappa shape index (κ1) is 16.7. The predicted molar refractivity (Wildman–Crippen MR) is 96.1 cm³/mol. The second kappa shape index (κ2) is 6.78. The highest BCUT2D eigenvalue weighted by Crippen LogP contribution is 2.28. The minimum absolute atomic E-state index is 0.0898. The van der Waals surface area contributed by atoms with Gasteiger partial charge in [-0.3, -0.25) is 19.5 Å². The van der Waals surface area contributed by atoms with Crippen molar-refractivity contribution in [3.63, 3.8) is 0 Å². The molecule has 0 aliphatic rings. The molecule has 3 rings (SSSR count). The van der Waals surface area contributed by atoms with Crippen LogP contribution in [0.3, 0.4) is 0 Å². The van der Waals surface area contributed by atoms with Crippen molar-refractivity contribution >= 4 is 43.9 Å². The highest BCUT2D eigenvalue weighted by Gasteiger charge is 2.20. The Kier molecular flexibility index (Phi) is 4.72. The van der Waals surface area contributed by atoms with Gasteiger partial charge in [0.2, 0.25) is 5.13 Å². The van der Waals surface area contributed by atoms with Crippen LogP contribution in [-0.2, 0) is 6.54 Å². The molecule has 3 aromatic heterocycles. The van der Waals surface area contributed by atoms with Gasteiger partial charge >= 0.3 is 0 Å². The van der Waals surface area contributed by atoms with Crippen LogP contribution in [0.1, 0.15) is 40.0 Å². The number of anilines is 1. The Hall–Kier alpha value is -2.13. The lowest BCUT2D eigenvalue weighted by molar-refractivity contribution is 0.103. The molecule has 1 amide bonds. The normalized spacial score (nSPS) is 11.1. The Morgan fingerprint density at radius 2 is 2.08 bits per heavy atom. The van der Waals surface area contributed by atoms with Crippen LogP contribution >= 0.6 is 22.7 Å². The molecule has 9 heteroatoms. The Labute approximate surface area is 146 Å². The minimum Gasteiger partial charge on any atom is -0.299 e. The van der Waals surface area contributed by atoms with E-state index < -0.39 is 0 Å². The van der Waals surface area contributed by atoms with E-state index in [4.69, 9.17) is 0 Å². The fraction of sp³-hybridized carbons (Fsp3) is 0.400. The summed E-state index contributed by atoms with van der Waals surface area (Å²) in [5.41, 5.74) is 0.574. The number of unbranched alkanes of at least 4 members (excludes halogenated alkanes) is 1. The van der Waals surface area contributed by atoms with Gasteiger partial charge in [0.15, 0.2) is 0 Å². The van der Waals surface area contributed by atoms with Crippen LogP contribution in [0.25, 0.3) is 10.2 Å². The third-order valence-electron chi connectivity index (χ3n) is 3.62. The maximum atomic E-state index is 12.6. The van der Waals surface area contributed by atoms with Gasteiger partial charge in [-0.1, -0.05) is 24.7 Å². The summed E-state index contributed by atoms with van der Waals surface area (Å²) in [5.74, 6) is -0.286. The van der Waals surface area contributed by atoms with Gasteiger partial charge in [-0.25, -0.2) is 4.98 Å². The molecule has 0 aliphatic carbocycles. The van der Waals surface area contributed by atoms with Crippen LogP contribution in [-0.4, -0.2) is 25.7 Å². The van der Waals surface area contributed by atoms with E-state index in [-0.39, 0.29) is 11.5 Å². The number of rotatable bonds is 5. The third-order valence-corrected chi connectivity index (χ3v) is 5.58. The third kappa shape index (κ3) is 3.09. The molecule has 1 N–H and O–H groups in total. The van der Waals surface area contributed by atoms with E-state index >= 15 is 0 Å². The molecule has 0 radical (unpaired) electrons. The first-order valence-corrected chi connectivity index (χ1v) is 9.24. The van der Waals surface area contributed by atoms with E-state index in [1.165, 1.54) is 22.7 Å². The molecule has 0 unspecified atom stereocenters. The zero-order valence-corrected chi connectivity index (χ0v) is 15.3. The highest BCUT2D eigenvalue weighted by atomic mass is 32.1. The SMILES string of the molecule is CCCCn1cnc2sc(C(=O)Nc3nnc(C)s3)c(C)c2c1=O. The number of thiophene rings is 1. The highest BCUT2D eigenvalue weighted by molar-refractivity contribution is 7.21. The number of aromatic nitrogens is 4. The summed E-state index contributed by atoms with van der Waals surface area (Å²) < 4.78 is 1.61. The van der Waals surface area contributed by atoms with Crippen molar-refractivity contribution < 1.29 is 4.79 Å². The topological polar surface area (TPSA) is 89.8 Å². The number of carbonyl (C=O) groups excluding carboxylic acids is 1. The summed E-state index contributed by atoms with van der Waals surface area (Å²) in [6.45, 7) is 6.32. The molecule has 0 saturated heterocycles. The molecule has 3 heterocycles. The lowest BCUT2D eigenvalue weighted by Gasteiger charge is -2.03. The first-order valence-electron chi connectivity index (χ1n) is 7.61. The van der Waals surface area contributed by atoms with Crippen molar-refractivity contribution in [2.45, 2.75) is 40.2 Å². The quantitative estimate of drug-likeness (QED) is 0.753. The molecule has 0 saturated carbocycles. The molecule has 0 spiro atoms. The Bertz CT molecular complexity index is 957. The van der Waals surface area contributed by atoms with E-state index in [1.54, 1.807) is 17.8 Å². The molecule has 126 valence electrons. The van der Waals surface area contributed by atoms with Gasteiger partial charge in [0.05, 0.1) is 16.6 Å². The summed E-state index contributed by atoms with van der Waals surface area (Å²) in [7, 11) is 0. The first-order chi connectivity index (χ1) is 11.5. The molecular formula is C15H17N5O2S2. The van der Waals surface area contributed by atoms with Crippen molar-refractivity contribution in [1.29, 1.82) is 0 Å². The maximum Gasteiger partial charge on any atom is 0.267 e. The second-order valence-electron chi connectivity index (χ2n) is 5.41. The summed E-state index contributed by atoms with van der Waals surface area (Å²) >= 11 is 2.53. The number of hydrogen-bond donors (Lipinski definition) is 1. The summed E-state index contributed by atoms with van der Waals surface area (Å²) in [6, 6.07) is 0. The summed E-state index contributed by atoms with van der Waals surface area (Å²) in [4.78, 5) is 30.5. The molecule has 3 aromatic rings. The number of aryl methyl sites for hydroxylation is 3. The molecular weight excluding hydrogens is 346 g/mol. The van der Waals surface area contributed by atoms with E-state index in [9.17, 15) is 9.59 Å². The molecule has 0 aliphatic heterocycles. The molecule has 0 aromatic carbocycles. The molecule has 0 bridgehead atoms. The Balaban J connectivity index is 1.97. The Morgan fingerprint density at radius 1 is 1.29 bits per heavy atom. The number of amides is 1. The van der Waals surface area contributed by atoms with Gasteiger partial charge in [0, 0.05) is 6.54 Å². The van der Waals surface area contributed by atoms with Gasteiger partial charge in [0.1, 0.15) is 9.84 Å². The smallest absolute Gasteiger partial charge is 0.267 e. The number of hydrogen-bond acceptors (Lipinski definition) is 7. The van der Waals surface area contributed by atoms with Crippen molar-refractivity contribution in [3.8, 4) is 0 Å². The Morgan fingerprint density at radius 3 is 2.75 bits per heavy atom.